The molecule has 2 aromatic carbocycles. The molecule has 0 atom stereocenters. The first-order valence-electron chi connectivity index (χ1n) is 10.5. The van der Waals surface area contributed by atoms with Crippen molar-refractivity contribution in [2.45, 2.75) is 25.9 Å². The topological polar surface area (TPSA) is 66.9 Å². The minimum atomic E-state index is -0.453. The summed E-state index contributed by atoms with van der Waals surface area (Å²) in [6, 6.07) is 13.4. The minimum absolute atomic E-state index is 0.107. The molecule has 0 aliphatic carbocycles. The van der Waals surface area contributed by atoms with Crippen LogP contribution in [-0.2, 0) is 16.2 Å². The number of hydrogen-bond acceptors (Lipinski definition) is 5. The molecule has 2 aromatic rings. The van der Waals surface area contributed by atoms with Gasteiger partial charge in [-0.25, -0.2) is 4.39 Å². The number of piperidine rings is 1. The van der Waals surface area contributed by atoms with E-state index in [-0.39, 0.29) is 29.8 Å². The number of halogens is 1. The maximum Gasteiger partial charge on any atom is 0.294 e. The van der Waals surface area contributed by atoms with Gasteiger partial charge in [-0.15, -0.1) is 0 Å². The Bertz CT molecular complexity index is 1050. The molecule has 0 bridgehead atoms. The molecule has 0 radical (unpaired) electrons. The standard InChI is InChI=1S/C24H23FN2O4S/c25-20-7-3-2-6-18(20)16-31-19-10-8-17(9-11-19)14-21-23(29)27(24(30)32-21)15-22(28)26-12-4-1-5-13-26/h2-3,6-11,14H,1,4-5,12-13,15-16H2/b21-14+. The zero-order chi connectivity index (χ0) is 22.5. The Balaban J connectivity index is 1.37. The fourth-order valence-corrected chi connectivity index (χ4v) is 4.44. The Hall–Kier alpha value is -3.13. The quantitative estimate of drug-likeness (QED) is 0.603. The van der Waals surface area contributed by atoms with E-state index >= 15 is 0 Å². The van der Waals surface area contributed by atoms with E-state index in [4.69, 9.17) is 4.74 Å². The lowest BCUT2D eigenvalue weighted by atomic mass is 10.1. The molecule has 8 heteroatoms. The second kappa shape index (κ2) is 9.99. The lowest BCUT2D eigenvalue weighted by Gasteiger charge is -2.27. The van der Waals surface area contributed by atoms with Crippen LogP contribution in [-0.4, -0.2) is 46.5 Å². The van der Waals surface area contributed by atoms with Gasteiger partial charge >= 0.3 is 0 Å². The SMILES string of the molecule is O=C(CN1C(=O)S/C(=C/c2ccc(OCc3ccccc3F)cc2)C1=O)N1CCCCC1. The molecule has 0 saturated carbocycles. The molecule has 0 N–H and O–H groups in total. The fraction of sp³-hybridized carbons (Fsp3) is 0.292. The Morgan fingerprint density at radius 3 is 2.47 bits per heavy atom. The van der Waals surface area contributed by atoms with Crippen LogP contribution >= 0.6 is 11.8 Å². The highest BCUT2D eigenvalue weighted by Gasteiger charge is 2.37. The van der Waals surface area contributed by atoms with E-state index in [2.05, 4.69) is 0 Å². The molecule has 2 fully saturated rings. The van der Waals surface area contributed by atoms with Gasteiger partial charge in [-0.2, -0.15) is 0 Å². The molecule has 166 valence electrons. The number of likely N-dealkylation sites (tertiary alicyclic amines) is 1. The van der Waals surface area contributed by atoms with Gasteiger partial charge in [0.15, 0.2) is 0 Å². The highest BCUT2D eigenvalue weighted by Crippen LogP contribution is 2.32. The zero-order valence-corrected chi connectivity index (χ0v) is 18.3. The van der Waals surface area contributed by atoms with Crippen LogP contribution in [0.25, 0.3) is 6.08 Å². The molecule has 0 aromatic heterocycles. The van der Waals surface area contributed by atoms with Crippen molar-refractivity contribution in [2.75, 3.05) is 19.6 Å². The smallest absolute Gasteiger partial charge is 0.294 e. The first kappa shape index (κ1) is 22.1. The minimum Gasteiger partial charge on any atom is -0.489 e. The number of benzene rings is 2. The third kappa shape index (κ3) is 5.19. The molecular formula is C24H23FN2O4S. The van der Waals surface area contributed by atoms with Crippen molar-refractivity contribution >= 4 is 34.9 Å². The highest BCUT2D eigenvalue weighted by molar-refractivity contribution is 8.18. The predicted molar refractivity (Wildman–Crippen MR) is 120 cm³/mol. The maximum absolute atomic E-state index is 13.7. The van der Waals surface area contributed by atoms with E-state index in [0.717, 1.165) is 41.5 Å². The monoisotopic (exact) mass is 454 g/mol. The van der Waals surface area contributed by atoms with Crippen LogP contribution in [0.5, 0.6) is 5.75 Å². The van der Waals surface area contributed by atoms with Crippen LogP contribution < -0.4 is 4.74 Å². The number of hydrogen-bond donors (Lipinski definition) is 0. The second-order valence-electron chi connectivity index (χ2n) is 7.66. The summed E-state index contributed by atoms with van der Waals surface area (Å²) in [5.74, 6) is -0.404. The lowest BCUT2D eigenvalue weighted by molar-refractivity contribution is -0.136. The van der Waals surface area contributed by atoms with Crippen LogP contribution in [0, 0.1) is 5.82 Å². The van der Waals surface area contributed by atoms with Crippen molar-refractivity contribution in [3.8, 4) is 5.75 Å². The van der Waals surface area contributed by atoms with Gasteiger partial charge in [-0.05, 0) is 60.9 Å². The van der Waals surface area contributed by atoms with E-state index in [1.165, 1.54) is 6.07 Å². The van der Waals surface area contributed by atoms with Crippen molar-refractivity contribution in [1.29, 1.82) is 0 Å². The number of carbonyl (C=O) groups excluding carboxylic acids is 3. The molecule has 2 saturated heterocycles. The average Bonchev–Trinajstić information content (AvgIpc) is 3.07. The van der Waals surface area contributed by atoms with Crippen LogP contribution in [0.2, 0.25) is 0 Å². The van der Waals surface area contributed by atoms with E-state index in [9.17, 15) is 18.8 Å². The van der Waals surface area contributed by atoms with E-state index in [0.29, 0.717) is 24.4 Å². The van der Waals surface area contributed by atoms with Gasteiger partial charge in [0.2, 0.25) is 5.91 Å². The first-order valence-corrected chi connectivity index (χ1v) is 11.3. The van der Waals surface area contributed by atoms with Gasteiger partial charge in [-0.3, -0.25) is 19.3 Å². The van der Waals surface area contributed by atoms with Crippen molar-refractivity contribution < 1.29 is 23.5 Å². The van der Waals surface area contributed by atoms with Gasteiger partial charge in [0.1, 0.15) is 24.7 Å². The van der Waals surface area contributed by atoms with E-state index < -0.39 is 11.1 Å². The molecule has 3 amide bonds. The second-order valence-corrected chi connectivity index (χ2v) is 8.65. The number of thioether (sulfide) groups is 1. The third-order valence-electron chi connectivity index (χ3n) is 5.41. The summed E-state index contributed by atoms with van der Waals surface area (Å²) in [4.78, 5) is 40.5. The maximum atomic E-state index is 13.7. The molecule has 2 aliphatic heterocycles. The van der Waals surface area contributed by atoms with Crippen molar-refractivity contribution in [1.82, 2.24) is 9.80 Å². The molecule has 6 nitrogen and oxygen atoms in total. The summed E-state index contributed by atoms with van der Waals surface area (Å²) in [6.07, 6.45) is 4.62. The predicted octanol–water partition coefficient (Wildman–Crippen LogP) is 4.45. The fourth-order valence-electron chi connectivity index (χ4n) is 3.60. The summed E-state index contributed by atoms with van der Waals surface area (Å²) in [5, 5.41) is -0.434. The molecule has 0 unspecified atom stereocenters. The first-order chi connectivity index (χ1) is 15.5. The van der Waals surface area contributed by atoms with Gasteiger partial charge in [0.05, 0.1) is 4.91 Å². The zero-order valence-electron chi connectivity index (χ0n) is 17.5. The molecule has 32 heavy (non-hydrogen) atoms. The summed E-state index contributed by atoms with van der Waals surface area (Å²) in [7, 11) is 0. The number of rotatable bonds is 6. The largest absolute Gasteiger partial charge is 0.489 e. The summed E-state index contributed by atoms with van der Waals surface area (Å²) < 4.78 is 19.3. The Kier molecular flexibility index (Phi) is 6.90. The van der Waals surface area contributed by atoms with Gasteiger partial charge in [0.25, 0.3) is 11.1 Å². The van der Waals surface area contributed by atoms with Crippen LogP contribution in [0.15, 0.2) is 53.4 Å². The molecule has 4 rings (SSSR count). The average molecular weight is 455 g/mol. The van der Waals surface area contributed by atoms with Crippen LogP contribution in [0.3, 0.4) is 0 Å². The lowest BCUT2D eigenvalue weighted by Crippen LogP contribution is -2.44. The normalized spacial score (nSPS) is 17.8. The van der Waals surface area contributed by atoms with E-state index in [1.807, 2.05) is 0 Å². The van der Waals surface area contributed by atoms with Crippen molar-refractivity contribution in [2.24, 2.45) is 0 Å². The Morgan fingerprint density at radius 2 is 1.75 bits per heavy atom. The van der Waals surface area contributed by atoms with Crippen molar-refractivity contribution in [3.05, 3.63) is 70.4 Å². The molecule has 0 spiro atoms. The number of amides is 3. The van der Waals surface area contributed by atoms with Crippen molar-refractivity contribution in [3.63, 3.8) is 0 Å². The summed E-state index contributed by atoms with van der Waals surface area (Å²) >= 11 is 0.833. The highest BCUT2D eigenvalue weighted by atomic mass is 32.2. The van der Waals surface area contributed by atoms with Crippen LogP contribution in [0.4, 0.5) is 9.18 Å². The summed E-state index contributed by atoms with van der Waals surface area (Å²) in [5.41, 5.74) is 1.18. The Morgan fingerprint density at radius 1 is 1.03 bits per heavy atom. The van der Waals surface area contributed by atoms with Crippen LogP contribution in [0.1, 0.15) is 30.4 Å². The number of ether oxygens (including phenoxy) is 1. The number of nitrogens with zero attached hydrogens (tertiary/aromatic N) is 2. The van der Waals surface area contributed by atoms with Gasteiger partial charge in [-0.1, -0.05) is 30.3 Å². The van der Waals surface area contributed by atoms with Gasteiger partial charge in [0, 0.05) is 18.7 Å². The molecular weight excluding hydrogens is 431 g/mol. The van der Waals surface area contributed by atoms with E-state index in [1.54, 1.807) is 53.4 Å². The Labute approximate surface area is 190 Å². The molecule has 2 heterocycles. The molecule has 2 aliphatic rings. The number of imide groups is 1. The number of carbonyl (C=O) groups is 3. The third-order valence-corrected chi connectivity index (χ3v) is 6.31. The van der Waals surface area contributed by atoms with Gasteiger partial charge < -0.3 is 9.64 Å². The summed E-state index contributed by atoms with van der Waals surface area (Å²) in [6.45, 7) is 1.24.